The summed E-state index contributed by atoms with van der Waals surface area (Å²) in [5, 5.41) is 3.17. The first-order valence-electron chi connectivity index (χ1n) is 7.62. The quantitative estimate of drug-likeness (QED) is 0.618. The molecule has 1 aromatic rings. The van der Waals surface area contributed by atoms with Gasteiger partial charge in [-0.15, -0.1) is 0 Å². The predicted octanol–water partition coefficient (Wildman–Crippen LogP) is 2.29. The highest BCUT2D eigenvalue weighted by Crippen LogP contribution is 2.23. The smallest absolute Gasteiger partial charge is 0.305 e. The minimum absolute atomic E-state index is 0.0652. The summed E-state index contributed by atoms with van der Waals surface area (Å²) in [6, 6.07) is 5.68. The number of hydrogen-bond donors (Lipinski definition) is 1. The number of esters is 1. The molecule has 0 radical (unpaired) electrons. The zero-order chi connectivity index (χ0) is 15.2. The fourth-order valence-corrected chi connectivity index (χ4v) is 2.86. The molecule has 0 heterocycles. The number of carbonyl (C=O) groups is 2. The number of ketones is 1. The van der Waals surface area contributed by atoms with E-state index >= 15 is 0 Å². The van der Waals surface area contributed by atoms with E-state index in [4.69, 9.17) is 0 Å². The van der Waals surface area contributed by atoms with E-state index in [1.54, 1.807) is 0 Å². The van der Waals surface area contributed by atoms with Gasteiger partial charge in [0.05, 0.1) is 13.2 Å². The fourth-order valence-electron chi connectivity index (χ4n) is 2.86. The van der Waals surface area contributed by atoms with E-state index < -0.39 is 0 Å². The van der Waals surface area contributed by atoms with Gasteiger partial charge in [-0.3, -0.25) is 9.59 Å². The molecule has 0 aliphatic heterocycles. The zero-order valence-electron chi connectivity index (χ0n) is 12.8. The summed E-state index contributed by atoms with van der Waals surface area (Å²) in [5.74, 6) is -0.213. The van der Waals surface area contributed by atoms with Crippen LogP contribution in [0.25, 0.3) is 0 Å². The normalized spacial score (nSPS) is 14.6. The van der Waals surface area contributed by atoms with Gasteiger partial charge >= 0.3 is 5.97 Å². The molecule has 1 unspecified atom stereocenters. The van der Waals surface area contributed by atoms with Crippen molar-refractivity contribution in [2.24, 2.45) is 0 Å². The van der Waals surface area contributed by atoms with E-state index in [0.29, 0.717) is 13.0 Å². The van der Waals surface area contributed by atoms with Crippen molar-refractivity contribution in [1.29, 1.82) is 0 Å². The van der Waals surface area contributed by atoms with Crippen molar-refractivity contribution in [2.45, 2.75) is 45.1 Å². The number of fused-ring (bicyclic) bond motifs is 1. The molecule has 1 N–H and O–H groups in total. The van der Waals surface area contributed by atoms with Gasteiger partial charge in [-0.1, -0.05) is 19.1 Å². The van der Waals surface area contributed by atoms with Crippen LogP contribution in [0.15, 0.2) is 18.2 Å². The summed E-state index contributed by atoms with van der Waals surface area (Å²) in [5.41, 5.74) is 3.40. The number of ether oxygens (including phenoxy) is 1. The molecule has 0 aromatic heterocycles. The van der Waals surface area contributed by atoms with E-state index in [2.05, 4.69) is 16.1 Å². The molecule has 0 saturated carbocycles. The zero-order valence-corrected chi connectivity index (χ0v) is 12.8. The van der Waals surface area contributed by atoms with Gasteiger partial charge in [0, 0.05) is 12.0 Å². The molecule has 0 saturated heterocycles. The van der Waals surface area contributed by atoms with Crippen molar-refractivity contribution < 1.29 is 14.3 Å². The van der Waals surface area contributed by atoms with Gasteiger partial charge in [0.2, 0.25) is 0 Å². The van der Waals surface area contributed by atoms with Crippen molar-refractivity contribution in [3.8, 4) is 0 Å². The maximum Gasteiger partial charge on any atom is 0.305 e. The maximum atomic E-state index is 12.6. The van der Waals surface area contributed by atoms with Crippen LogP contribution in [0.3, 0.4) is 0 Å². The summed E-state index contributed by atoms with van der Waals surface area (Å²) in [6.45, 7) is 2.66. The number of aryl methyl sites for hydroxylation is 2. The third-order valence-electron chi connectivity index (χ3n) is 4.01. The lowest BCUT2D eigenvalue weighted by molar-refractivity contribution is -0.140. The van der Waals surface area contributed by atoms with E-state index in [0.717, 1.165) is 18.4 Å². The highest BCUT2D eigenvalue weighted by Gasteiger charge is 2.22. The average Bonchev–Trinajstić information content (AvgIpc) is 2.97. The van der Waals surface area contributed by atoms with Crippen molar-refractivity contribution in [1.82, 2.24) is 5.32 Å². The van der Waals surface area contributed by atoms with Gasteiger partial charge in [0.15, 0.2) is 5.78 Å². The van der Waals surface area contributed by atoms with Gasteiger partial charge in [-0.25, -0.2) is 0 Å². The fraction of sp³-hybridized carbons (Fsp3) is 0.529. The number of benzene rings is 1. The Morgan fingerprint density at radius 3 is 2.76 bits per heavy atom. The third-order valence-corrected chi connectivity index (χ3v) is 4.01. The number of methoxy groups -OCH3 is 1. The molecule has 0 amide bonds. The summed E-state index contributed by atoms with van der Waals surface area (Å²) in [4.78, 5) is 23.9. The maximum absolute atomic E-state index is 12.6. The Kier molecular flexibility index (Phi) is 5.51. The van der Waals surface area contributed by atoms with Crippen LogP contribution in [-0.4, -0.2) is 31.4 Å². The number of Topliss-reactive ketones (excluding diaryl/α,β-unsaturated/α-hetero) is 1. The Morgan fingerprint density at radius 1 is 1.29 bits per heavy atom. The minimum atomic E-state index is -0.325. The largest absolute Gasteiger partial charge is 0.469 e. The molecule has 114 valence electrons. The molecular formula is C17H23NO3. The van der Waals surface area contributed by atoms with Crippen LogP contribution in [0.2, 0.25) is 0 Å². The molecule has 2 rings (SSSR count). The van der Waals surface area contributed by atoms with E-state index in [1.807, 2.05) is 19.1 Å². The van der Waals surface area contributed by atoms with Crippen LogP contribution in [0.5, 0.6) is 0 Å². The van der Waals surface area contributed by atoms with Gasteiger partial charge < -0.3 is 10.1 Å². The minimum Gasteiger partial charge on any atom is -0.469 e. The molecule has 0 fully saturated rings. The van der Waals surface area contributed by atoms with Crippen LogP contribution < -0.4 is 5.32 Å². The molecule has 1 aliphatic rings. The first kappa shape index (κ1) is 15.7. The first-order valence-corrected chi connectivity index (χ1v) is 7.62. The molecule has 1 atom stereocenters. The molecule has 1 aromatic carbocycles. The second-order valence-corrected chi connectivity index (χ2v) is 5.43. The molecular weight excluding hydrogens is 266 g/mol. The summed E-state index contributed by atoms with van der Waals surface area (Å²) in [6.07, 6.45) is 4.07. The standard InChI is InChI=1S/C17H23NO3/c1-3-18-15(9-10-16(19)21-2)17(20)14-8-7-12-5-4-6-13(12)11-14/h7-8,11,15,18H,3-6,9-10H2,1-2H3. The Balaban J connectivity index is 2.08. The second kappa shape index (κ2) is 7.36. The van der Waals surface area contributed by atoms with Crippen molar-refractivity contribution in [2.75, 3.05) is 13.7 Å². The average molecular weight is 289 g/mol. The topological polar surface area (TPSA) is 55.4 Å². The van der Waals surface area contributed by atoms with E-state index in [9.17, 15) is 9.59 Å². The summed E-state index contributed by atoms with van der Waals surface area (Å²) >= 11 is 0. The SMILES string of the molecule is CCNC(CCC(=O)OC)C(=O)c1ccc2c(c1)CCC2. The molecule has 1 aliphatic carbocycles. The Morgan fingerprint density at radius 2 is 2.05 bits per heavy atom. The monoisotopic (exact) mass is 289 g/mol. The highest BCUT2D eigenvalue weighted by molar-refractivity contribution is 6.00. The number of carbonyl (C=O) groups excluding carboxylic acids is 2. The van der Waals surface area contributed by atoms with Crippen LogP contribution >= 0.6 is 0 Å². The number of hydrogen-bond acceptors (Lipinski definition) is 4. The van der Waals surface area contributed by atoms with Gasteiger partial charge in [0.25, 0.3) is 0 Å². The molecule has 0 bridgehead atoms. The molecule has 0 spiro atoms. The Bertz CT molecular complexity index is 525. The summed E-state index contributed by atoms with van der Waals surface area (Å²) in [7, 11) is 1.37. The molecule has 4 heteroatoms. The number of likely N-dealkylation sites (N-methyl/N-ethyl adjacent to an activating group) is 1. The van der Waals surface area contributed by atoms with Crippen molar-refractivity contribution >= 4 is 11.8 Å². The third kappa shape index (κ3) is 3.91. The van der Waals surface area contributed by atoms with Crippen LogP contribution in [0.4, 0.5) is 0 Å². The van der Waals surface area contributed by atoms with Crippen LogP contribution in [0, 0.1) is 0 Å². The van der Waals surface area contributed by atoms with Crippen LogP contribution in [-0.2, 0) is 22.4 Å². The second-order valence-electron chi connectivity index (χ2n) is 5.43. The highest BCUT2D eigenvalue weighted by atomic mass is 16.5. The lowest BCUT2D eigenvalue weighted by Crippen LogP contribution is -2.37. The predicted molar refractivity (Wildman–Crippen MR) is 81.5 cm³/mol. The lowest BCUT2D eigenvalue weighted by Gasteiger charge is -2.16. The van der Waals surface area contributed by atoms with E-state index in [1.165, 1.54) is 24.7 Å². The number of rotatable bonds is 7. The first-order chi connectivity index (χ1) is 10.2. The molecule has 21 heavy (non-hydrogen) atoms. The lowest BCUT2D eigenvalue weighted by atomic mass is 9.97. The molecule has 4 nitrogen and oxygen atoms in total. The van der Waals surface area contributed by atoms with Gasteiger partial charge in [-0.2, -0.15) is 0 Å². The van der Waals surface area contributed by atoms with Crippen molar-refractivity contribution in [3.63, 3.8) is 0 Å². The Labute approximate surface area is 125 Å². The number of nitrogens with one attached hydrogen (secondary N) is 1. The van der Waals surface area contributed by atoms with Crippen molar-refractivity contribution in [3.05, 3.63) is 34.9 Å². The van der Waals surface area contributed by atoms with E-state index in [-0.39, 0.29) is 24.2 Å². The van der Waals surface area contributed by atoms with Gasteiger partial charge in [-0.05, 0) is 49.4 Å². The Hall–Kier alpha value is -1.68. The summed E-state index contributed by atoms with van der Waals surface area (Å²) < 4.78 is 4.65. The van der Waals surface area contributed by atoms with Crippen LogP contribution in [0.1, 0.15) is 47.7 Å². The van der Waals surface area contributed by atoms with Gasteiger partial charge in [0.1, 0.15) is 0 Å².